The maximum absolute atomic E-state index is 12.1. The van der Waals surface area contributed by atoms with Crippen LogP contribution in [0, 0.1) is 6.92 Å². The van der Waals surface area contributed by atoms with Gasteiger partial charge in [-0.25, -0.2) is 4.98 Å². The highest BCUT2D eigenvalue weighted by Gasteiger charge is 2.39. The van der Waals surface area contributed by atoms with Gasteiger partial charge in [0.2, 0.25) is 5.88 Å². The average molecular weight is 294 g/mol. The van der Waals surface area contributed by atoms with Crippen molar-refractivity contribution in [1.29, 1.82) is 0 Å². The van der Waals surface area contributed by atoms with Gasteiger partial charge in [0.25, 0.3) is 0 Å². The van der Waals surface area contributed by atoms with E-state index in [1.165, 1.54) is 6.92 Å². The minimum absolute atomic E-state index is 0.00361. The Balaban J connectivity index is 2.73. The maximum atomic E-state index is 12.1. The zero-order chi connectivity index (χ0) is 15.3. The second-order valence-corrected chi connectivity index (χ2v) is 3.77. The zero-order valence-electron chi connectivity index (χ0n) is 10.8. The summed E-state index contributed by atoms with van der Waals surface area (Å²) in [5.41, 5.74) is 0.0631. The Kier molecular flexibility index (Phi) is 5.12. The van der Waals surface area contributed by atoms with E-state index in [1.54, 1.807) is 12.2 Å². The molecule has 0 fully saturated rings. The Hall–Kier alpha value is -2.06. The van der Waals surface area contributed by atoms with Crippen LogP contribution in [-0.4, -0.2) is 29.6 Å². The van der Waals surface area contributed by atoms with Crippen LogP contribution in [0.3, 0.4) is 0 Å². The number of carbonyl (C=O) groups is 2. The molecule has 0 aliphatic carbocycles. The normalized spacial score (nSPS) is 11.2. The lowest BCUT2D eigenvalue weighted by Crippen LogP contribution is -2.30. The lowest BCUT2D eigenvalue weighted by atomic mass is 10.2. The summed E-state index contributed by atoms with van der Waals surface area (Å²) in [7, 11) is 0. The number of carbonyl (C=O) groups excluding carboxylic acids is 2. The number of hydrogen-bond donors (Lipinski definition) is 1. The molecule has 20 heavy (non-hydrogen) atoms. The first-order valence-electron chi connectivity index (χ1n) is 5.74. The van der Waals surface area contributed by atoms with Crippen LogP contribution in [0.4, 0.5) is 19.1 Å². The topological polar surface area (TPSA) is 81.4 Å². The largest absolute Gasteiger partial charge is 0.471 e. The number of nitrogens with zero attached hydrogens (tertiary/aromatic N) is 1. The van der Waals surface area contributed by atoms with Crippen LogP contribution in [0.15, 0.2) is 4.42 Å². The molecular weight excluding hydrogens is 281 g/mol. The Morgan fingerprint density at radius 3 is 2.60 bits per heavy atom. The summed E-state index contributed by atoms with van der Waals surface area (Å²) in [6.07, 6.45) is -5.10. The van der Waals surface area contributed by atoms with Gasteiger partial charge in [-0.1, -0.05) is 0 Å². The third-order valence-electron chi connectivity index (χ3n) is 2.16. The summed E-state index contributed by atoms with van der Waals surface area (Å²) in [6, 6.07) is 0. The van der Waals surface area contributed by atoms with Crippen LogP contribution in [-0.2, 0) is 20.7 Å². The van der Waals surface area contributed by atoms with Gasteiger partial charge < -0.3 is 9.15 Å². The van der Waals surface area contributed by atoms with Gasteiger partial charge in [-0.05, 0) is 6.92 Å². The fourth-order valence-corrected chi connectivity index (χ4v) is 1.36. The SMILES string of the molecule is CCOC(=O)CCc1nc(C)oc1NC(=O)C(F)(F)F. The Morgan fingerprint density at radius 1 is 1.40 bits per heavy atom. The number of amides is 1. The second-order valence-electron chi connectivity index (χ2n) is 3.77. The Bertz CT molecular complexity index is 496. The molecule has 1 rings (SSSR count). The molecule has 0 saturated carbocycles. The molecule has 9 heteroatoms. The first-order valence-corrected chi connectivity index (χ1v) is 5.74. The van der Waals surface area contributed by atoms with Crippen LogP contribution < -0.4 is 5.32 Å². The first-order chi connectivity index (χ1) is 9.24. The van der Waals surface area contributed by atoms with E-state index >= 15 is 0 Å². The van der Waals surface area contributed by atoms with E-state index in [2.05, 4.69) is 9.72 Å². The molecule has 0 spiro atoms. The van der Waals surface area contributed by atoms with E-state index in [0.29, 0.717) is 0 Å². The van der Waals surface area contributed by atoms with Gasteiger partial charge in [-0.2, -0.15) is 13.2 Å². The van der Waals surface area contributed by atoms with Gasteiger partial charge in [0.15, 0.2) is 5.89 Å². The van der Waals surface area contributed by atoms with E-state index in [9.17, 15) is 22.8 Å². The van der Waals surface area contributed by atoms with Gasteiger partial charge in [0.05, 0.1) is 13.0 Å². The summed E-state index contributed by atoms with van der Waals surface area (Å²) in [5, 5.41) is 1.58. The van der Waals surface area contributed by atoms with Crippen LogP contribution in [0.2, 0.25) is 0 Å². The third-order valence-corrected chi connectivity index (χ3v) is 2.16. The minimum Gasteiger partial charge on any atom is -0.466 e. The summed E-state index contributed by atoms with van der Waals surface area (Å²) >= 11 is 0. The number of ether oxygens (including phenoxy) is 1. The summed E-state index contributed by atoms with van der Waals surface area (Å²) in [5.74, 6) is -3.00. The van der Waals surface area contributed by atoms with Crippen LogP contribution in [0.1, 0.15) is 24.9 Å². The molecule has 0 aromatic carbocycles. The second kappa shape index (κ2) is 6.40. The van der Waals surface area contributed by atoms with E-state index in [-0.39, 0.29) is 31.0 Å². The lowest BCUT2D eigenvalue weighted by Gasteiger charge is -2.06. The van der Waals surface area contributed by atoms with Gasteiger partial charge in [-0.3, -0.25) is 14.9 Å². The number of hydrogen-bond acceptors (Lipinski definition) is 5. The number of oxazole rings is 1. The number of aryl methyl sites for hydroxylation is 2. The van der Waals surface area contributed by atoms with Crippen molar-refractivity contribution in [2.24, 2.45) is 0 Å². The predicted octanol–water partition coefficient (Wildman–Crippen LogP) is 1.98. The quantitative estimate of drug-likeness (QED) is 0.840. The zero-order valence-corrected chi connectivity index (χ0v) is 10.8. The molecule has 0 atom stereocenters. The summed E-state index contributed by atoms with van der Waals surface area (Å²) in [4.78, 5) is 25.8. The minimum atomic E-state index is -5.03. The molecule has 6 nitrogen and oxygen atoms in total. The van der Waals surface area contributed by atoms with Crippen molar-refractivity contribution in [2.75, 3.05) is 11.9 Å². The number of nitrogens with one attached hydrogen (secondary N) is 1. The van der Waals surface area contributed by atoms with Gasteiger partial charge in [0.1, 0.15) is 5.69 Å². The van der Waals surface area contributed by atoms with Crippen molar-refractivity contribution in [3.05, 3.63) is 11.6 Å². The molecule has 0 bridgehead atoms. The molecule has 0 unspecified atom stereocenters. The predicted molar refractivity (Wildman–Crippen MR) is 60.9 cm³/mol. The lowest BCUT2D eigenvalue weighted by molar-refractivity contribution is -0.167. The van der Waals surface area contributed by atoms with E-state index in [0.717, 1.165) is 0 Å². The van der Waals surface area contributed by atoms with E-state index < -0.39 is 23.9 Å². The number of aromatic nitrogens is 1. The average Bonchev–Trinajstić information content (AvgIpc) is 2.66. The molecule has 1 aromatic heterocycles. The Labute approximate surface area is 112 Å². The molecule has 1 amide bonds. The van der Waals surface area contributed by atoms with Crippen molar-refractivity contribution in [3.8, 4) is 0 Å². The van der Waals surface area contributed by atoms with E-state index in [1.807, 2.05) is 0 Å². The van der Waals surface area contributed by atoms with Crippen LogP contribution in [0.25, 0.3) is 0 Å². The van der Waals surface area contributed by atoms with Crippen LogP contribution in [0.5, 0.6) is 0 Å². The highest BCUT2D eigenvalue weighted by Crippen LogP contribution is 2.22. The molecule has 112 valence electrons. The molecule has 0 radical (unpaired) electrons. The monoisotopic (exact) mass is 294 g/mol. The van der Waals surface area contributed by atoms with E-state index in [4.69, 9.17) is 4.42 Å². The number of esters is 1. The summed E-state index contributed by atoms with van der Waals surface area (Å²) < 4.78 is 46.0. The third kappa shape index (κ3) is 4.56. The number of rotatable bonds is 5. The first kappa shape index (κ1) is 16.0. The smallest absolute Gasteiger partial charge is 0.466 e. The standard InChI is InChI=1S/C11H13F3N2O4/c1-3-19-8(17)5-4-7-9(20-6(2)15-7)16-10(18)11(12,13)14/h3-5H2,1-2H3,(H,16,18). The van der Waals surface area contributed by atoms with Crippen molar-refractivity contribution in [1.82, 2.24) is 4.98 Å². The number of alkyl halides is 3. The highest BCUT2D eigenvalue weighted by atomic mass is 19.4. The van der Waals surface area contributed by atoms with Crippen molar-refractivity contribution < 1.29 is 31.9 Å². The van der Waals surface area contributed by atoms with Crippen LogP contribution >= 0.6 is 0 Å². The molecule has 1 aromatic rings. The van der Waals surface area contributed by atoms with Crippen molar-refractivity contribution >= 4 is 17.8 Å². The fourth-order valence-electron chi connectivity index (χ4n) is 1.36. The van der Waals surface area contributed by atoms with Gasteiger partial charge >= 0.3 is 18.1 Å². The van der Waals surface area contributed by atoms with Gasteiger partial charge in [-0.15, -0.1) is 0 Å². The number of halogens is 3. The highest BCUT2D eigenvalue weighted by molar-refractivity contribution is 5.94. The summed E-state index contributed by atoms with van der Waals surface area (Å²) in [6.45, 7) is 3.25. The van der Waals surface area contributed by atoms with Crippen molar-refractivity contribution in [3.63, 3.8) is 0 Å². The number of anilines is 1. The molecular formula is C11H13F3N2O4. The Morgan fingerprint density at radius 2 is 2.05 bits per heavy atom. The molecule has 1 heterocycles. The molecule has 0 aliphatic heterocycles. The molecule has 0 aliphatic rings. The molecule has 1 N–H and O–H groups in total. The molecule has 0 saturated heterocycles. The van der Waals surface area contributed by atoms with Crippen molar-refractivity contribution in [2.45, 2.75) is 32.9 Å². The fraction of sp³-hybridized carbons (Fsp3) is 0.545. The van der Waals surface area contributed by atoms with Gasteiger partial charge in [0, 0.05) is 13.3 Å². The maximum Gasteiger partial charge on any atom is 0.471 e.